The van der Waals surface area contributed by atoms with Crippen molar-refractivity contribution in [3.8, 4) is 0 Å². The Bertz CT molecular complexity index is 608. The van der Waals surface area contributed by atoms with Crippen LogP contribution in [0.5, 0.6) is 0 Å². The van der Waals surface area contributed by atoms with Crippen LogP contribution in [0.1, 0.15) is 65.1 Å². The van der Waals surface area contributed by atoms with E-state index < -0.39 is 9.05 Å². The zero-order chi connectivity index (χ0) is 15.8. The van der Waals surface area contributed by atoms with E-state index in [1.165, 1.54) is 6.42 Å². The van der Waals surface area contributed by atoms with Gasteiger partial charge >= 0.3 is 0 Å². The molecule has 0 aromatic carbocycles. The van der Waals surface area contributed by atoms with Crippen LogP contribution in [0.25, 0.3) is 0 Å². The Morgan fingerprint density at radius 1 is 1.33 bits per heavy atom. The van der Waals surface area contributed by atoms with E-state index in [2.05, 4.69) is 24.0 Å². The van der Waals surface area contributed by atoms with Crippen molar-refractivity contribution in [3.05, 3.63) is 5.82 Å². The monoisotopic (exact) mass is 333 g/mol. The van der Waals surface area contributed by atoms with Crippen LogP contribution in [0.15, 0.2) is 5.16 Å². The van der Waals surface area contributed by atoms with E-state index in [0.717, 1.165) is 25.1 Å². The normalized spacial score (nSPS) is 22.7. The lowest BCUT2D eigenvalue weighted by Gasteiger charge is -2.38. The number of aromatic nitrogens is 3. The molecule has 0 bridgehead atoms. The van der Waals surface area contributed by atoms with Crippen LogP contribution in [-0.2, 0) is 15.6 Å². The molecule has 1 aromatic rings. The fourth-order valence-electron chi connectivity index (χ4n) is 3.25. The summed E-state index contributed by atoms with van der Waals surface area (Å²) < 4.78 is 25.2. The Kier molecular flexibility index (Phi) is 4.69. The Morgan fingerprint density at radius 3 is 2.52 bits per heavy atom. The summed E-state index contributed by atoms with van der Waals surface area (Å²) in [6.45, 7) is 9.09. The molecule has 0 saturated heterocycles. The quantitative estimate of drug-likeness (QED) is 0.790. The van der Waals surface area contributed by atoms with E-state index in [1.54, 1.807) is 4.57 Å². The first-order valence-corrected chi connectivity index (χ1v) is 9.81. The zero-order valence-corrected chi connectivity index (χ0v) is 14.7. The topological polar surface area (TPSA) is 64.8 Å². The van der Waals surface area contributed by atoms with E-state index in [-0.39, 0.29) is 16.5 Å². The van der Waals surface area contributed by atoms with Crippen molar-refractivity contribution in [3.63, 3.8) is 0 Å². The van der Waals surface area contributed by atoms with Gasteiger partial charge in [-0.15, -0.1) is 10.2 Å². The van der Waals surface area contributed by atoms with E-state index in [0.29, 0.717) is 12.5 Å². The van der Waals surface area contributed by atoms with Gasteiger partial charge in [-0.3, -0.25) is 0 Å². The lowest BCUT2D eigenvalue weighted by molar-refractivity contribution is 0.186. The van der Waals surface area contributed by atoms with Gasteiger partial charge in [0.05, 0.1) is 0 Å². The van der Waals surface area contributed by atoms with Crippen molar-refractivity contribution in [2.75, 3.05) is 0 Å². The van der Waals surface area contributed by atoms with Crippen LogP contribution < -0.4 is 0 Å². The molecule has 1 aliphatic carbocycles. The van der Waals surface area contributed by atoms with Crippen LogP contribution in [-0.4, -0.2) is 23.2 Å². The van der Waals surface area contributed by atoms with Crippen LogP contribution >= 0.6 is 10.7 Å². The molecule has 120 valence electrons. The van der Waals surface area contributed by atoms with Crippen LogP contribution in [0, 0.1) is 11.3 Å². The highest BCUT2D eigenvalue weighted by atomic mass is 35.7. The van der Waals surface area contributed by atoms with Gasteiger partial charge in [-0.1, -0.05) is 40.5 Å². The van der Waals surface area contributed by atoms with Crippen molar-refractivity contribution >= 4 is 19.7 Å². The van der Waals surface area contributed by atoms with Crippen molar-refractivity contribution in [1.82, 2.24) is 14.8 Å². The second-order valence-electron chi connectivity index (χ2n) is 7.07. The minimum atomic E-state index is -3.87. The SMILES string of the molecule is CC(C)Cn1c(C2CCCCC2(C)C)nnc1S(=O)(=O)Cl. The van der Waals surface area contributed by atoms with Crippen LogP contribution in [0.2, 0.25) is 0 Å². The maximum Gasteiger partial charge on any atom is 0.296 e. The van der Waals surface area contributed by atoms with Gasteiger partial charge in [0.1, 0.15) is 5.82 Å². The smallest absolute Gasteiger partial charge is 0.296 e. The minimum Gasteiger partial charge on any atom is -0.300 e. The average molecular weight is 334 g/mol. The highest BCUT2D eigenvalue weighted by Crippen LogP contribution is 2.46. The summed E-state index contributed by atoms with van der Waals surface area (Å²) in [6, 6.07) is 0. The summed E-state index contributed by atoms with van der Waals surface area (Å²) in [4.78, 5) is 0. The maximum absolute atomic E-state index is 11.7. The van der Waals surface area contributed by atoms with E-state index >= 15 is 0 Å². The predicted octanol–water partition coefficient (Wildman–Crippen LogP) is 3.55. The van der Waals surface area contributed by atoms with Gasteiger partial charge in [0.25, 0.3) is 14.2 Å². The summed E-state index contributed by atoms with van der Waals surface area (Å²) >= 11 is 0. The van der Waals surface area contributed by atoms with Crippen molar-refractivity contribution < 1.29 is 8.42 Å². The Morgan fingerprint density at radius 2 is 2.00 bits per heavy atom. The molecule has 1 unspecified atom stereocenters. The molecule has 1 heterocycles. The lowest BCUT2D eigenvalue weighted by atomic mass is 9.68. The van der Waals surface area contributed by atoms with E-state index in [1.807, 2.05) is 13.8 Å². The fourth-order valence-corrected chi connectivity index (χ4v) is 4.16. The van der Waals surface area contributed by atoms with E-state index in [9.17, 15) is 8.42 Å². The number of nitrogens with zero attached hydrogens (tertiary/aromatic N) is 3. The van der Waals surface area contributed by atoms with Crippen molar-refractivity contribution in [1.29, 1.82) is 0 Å². The lowest BCUT2D eigenvalue weighted by Crippen LogP contribution is -2.29. The standard InChI is InChI=1S/C14H24ClN3O2S/c1-10(2)9-18-12(16-17-13(18)21(15,19)20)11-7-5-6-8-14(11,3)4/h10-11H,5-9H2,1-4H3. The maximum atomic E-state index is 11.7. The highest BCUT2D eigenvalue weighted by molar-refractivity contribution is 8.13. The van der Waals surface area contributed by atoms with Gasteiger partial charge in [-0.2, -0.15) is 0 Å². The predicted molar refractivity (Wildman–Crippen MR) is 82.9 cm³/mol. The fraction of sp³-hybridized carbons (Fsp3) is 0.857. The number of hydrogen-bond donors (Lipinski definition) is 0. The molecule has 0 N–H and O–H groups in total. The first kappa shape index (κ1) is 16.7. The van der Waals surface area contributed by atoms with Crippen molar-refractivity contribution in [2.45, 2.75) is 71.0 Å². The summed E-state index contributed by atoms with van der Waals surface area (Å²) in [5.41, 5.74) is 0.105. The summed E-state index contributed by atoms with van der Waals surface area (Å²) in [7, 11) is 1.65. The Labute approximate surface area is 131 Å². The molecule has 5 nitrogen and oxygen atoms in total. The molecule has 2 rings (SSSR count). The van der Waals surface area contributed by atoms with Gasteiger partial charge < -0.3 is 4.57 Å². The molecule has 1 aromatic heterocycles. The number of halogens is 1. The third-order valence-electron chi connectivity index (χ3n) is 4.33. The molecule has 1 fully saturated rings. The molecule has 7 heteroatoms. The van der Waals surface area contributed by atoms with Gasteiger partial charge in [-0.05, 0) is 24.2 Å². The molecular formula is C14H24ClN3O2S. The van der Waals surface area contributed by atoms with Gasteiger partial charge in [-0.25, -0.2) is 8.42 Å². The summed E-state index contributed by atoms with van der Waals surface area (Å²) in [6.07, 6.45) is 4.49. The molecule has 1 atom stereocenters. The first-order valence-electron chi connectivity index (χ1n) is 7.50. The third kappa shape index (κ3) is 3.59. The summed E-state index contributed by atoms with van der Waals surface area (Å²) in [5, 5.41) is 7.96. The molecule has 1 aliphatic rings. The number of hydrogen-bond acceptors (Lipinski definition) is 4. The second kappa shape index (κ2) is 5.88. The van der Waals surface area contributed by atoms with Crippen LogP contribution in [0.4, 0.5) is 0 Å². The Balaban J connectivity index is 2.51. The van der Waals surface area contributed by atoms with Gasteiger partial charge in [0, 0.05) is 23.1 Å². The summed E-state index contributed by atoms with van der Waals surface area (Å²) in [5.74, 6) is 1.29. The molecule has 0 aliphatic heterocycles. The Hall–Kier alpha value is -0.620. The van der Waals surface area contributed by atoms with E-state index in [4.69, 9.17) is 10.7 Å². The molecule has 0 amide bonds. The van der Waals surface area contributed by atoms with Crippen molar-refractivity contribution in [2.24, 2.45) is 11.3 Å². The molecule has 0 radical (unpaired) electrons. The first-order chi connectivity index (χ1) is 9.63. The minimum absolute atomic E-state index is 0.105. The molecule has 0 spiro atoms. The molecular weight excluding hydrogens is 310 g/mol. The number of rotatable bonds is 4. The second-order valence-corrected chi connectivity index (χ2v) is 9.53. The highest BCUT2D eigenvalue weighted by Gasteiger charge is 2.38. The van der Waals surface area contributed by atoms with Gasteiger partial charge in [0.15, 0.2) is 0 Å². The third-order valence-corrected chi connectivity index (χ3v) is 5.48. The zero-order valence-electron chi connectivity index (χ0n) is 13.1. The largest absolute Gasteiger partial charge is 0.300 e. The molecule has 21 heavy (non-hydrogen) atoms. The van der Waals surface area contributed by atoms with Crippen LogP contribution in [0.3, 0.4) is 0 Å². The molecule has 1 saturated carbocycles. The average Bonchev–Trinajstić information content (AvgIpc) is 2.70. The van der Waals surface area contributed by atoms with Gasteiger partial charge in [0.2, 0.25) is 0 Å².